The number of esters is 1. The lowest BCUT2D eigenvalue weighted by molar-refractivity contribution is -0.173. The van der Waals surface area contributed by atoms with Crippen LogP contribution in [-0.2, 0) is 14.3 Å². The highest BCUT2D eigenvalue weighted by Gasteiger charge is 2.45. The number of carbonyl (C=O) groups is 1. The summed E-state index contributed by atoms with van der Waals surface area (Å²) in [6.07, 6.45) is -2.78. The van der Waals surface area contributed by atoms with E-state index in [1.54, 1.807) is 0 Å². The second-order valence-corrected chi connectivity index (χ2v) is 3.80. The zero-order chi connectivity index (χ0) is 12.1. The maximum atomic E-state index is 11.3. The molecule has 0 saturated carbocycles. The van der Waals surface area contributed by atoms with Gasteiger partial charge in [-0.25, -0.2) is 0 Å². The molecule has 1 aliphatic heterocycles. The second-order valence-electron chi connectivity index (χ2n) is 3.80. The van der Waals surface area contributed by atoms with Gasteiger partial charge >= 0.3 is 5.97 Å². The van der Waals surface area contributed by atoms with Gasteiger partial charge in [-0.3, -0.25) is 4.79 Å². The topological polar surface area (TPSA) is 96.2 Å². The minimum Gasteiger partial charge on any atom is -0.454 e. The number of carbonyl (C=O) groups excluding carboxylic acids is 1. The largest absolute Gasteiger partial charge is 0.454 e. The third kappa shape index (κ3) is 3.15. The molecule has 4 atom stereocenters. The molecular formula is C10H18O6. The van der Waals surface area contributed by atoms with E-state index in [-0.39, 0.29) is 6.42 Å². The summed E-state index contributed by atoms with van der Waals surface area (Å²) in [7, 11) is 0. The molecule has 1 aliphatic rings. The molecule has 0 bridgehead atoms. The Balaban J connectivity index is 2.44. The summed E-state index contributed by atoms with van der Waals surface area (Å²) in [5.41, 5.74) is 0. The molecule has 0 amide bonds. The molecule has 0 spiro atoms. The molecule has 0 aromatic heterocycles. The predicted octanol–water partition coefficient (Wildman–Crippen LogP) is -0.841. The van der Waals surface area contributed by atoms with Gasteiger partial charge in [0.15, 0.2) is 12.4 Å². The summed E-state index contributed by atoms with van der Waals surface area (Å²) in [5, 5.41) is 27.7. The Labute approximate surface area is 93.8 Å². The second kappa shape index (κ2) is 6.15. The van der Waals surface area contributed by atoms with E-state index in [1.807, 2.05) is 6.92 Å². The van der Waals surface area contributed by atoms with Gasteiger partial charge in [0.05, 0.1) is 6.61 Å². The van der Waals surface area contributed by atoms with Crippen LogP contribution < -0.4 is 0 Å². The Kier molecular flexibility index (Phi) is 5.14. The first-order chi connectivity index (χ1) is 7.60. The van der Waals surface area contributed by atoms with Crippen LogP contribution in [0.1, 0.15) is 26.2 Å². The van der Waals surface area contributed by atoms with E-state index in [9.17, 15) is 15.0 Å². The summed E-state index contributed by atoms with van der Waals surface area (Å²) < 4.78 is 9.71. The van der Waals surface area contributed by atoms with Crippen molar-refractivity contribution in [3.05, 3.63) is 0 Å². The molecule has 1 saturated heterocycles. The Hall–Kier alpha value is -0.690. The van der Waals surface area contributed by atoms with Crippen molar-refractivity contribution in [2.24, 2.45) is 0 Å². The van der Waals surface area contributed by atoms with E-state index in [4.69, 9.17) is 14.6 Å². The first-order valence-electron chi connectivity index (χ1n) is 5.42. The first kappa shape index (κ1) is 13.4. The quantitative estimate of drug-likeness (QED) is 0.537. The minimum absolute atomic E-state index is 0.246. The van der Waals surface area contributed by atoms with Gasteiger partial charge in [0, 0.05) is 6.42 Å². The lowest BCUT2D eigenvalue weighted by Gasteiger charge is -2.17. The number of aliphatic hydroxyl groups is 3. The molecule has 0 radical (unpaired) electrons. The van der Waals surface area contributed by atoms with Crippen LogP contribution in [0.3, 0.4) is 0 Å². The normalized spacial score (nSPS) is 34.0. The molecule has 0 aromatic carbocycles. The van der Waals surface area contributed by atoms with Gasteiger partial charge in [0.2, 0.25) is 0 Å². The minimum atomic E-state index is -1.38. The summed E-state index contributed by atoms with van der Waals surface area (Å²) in [4.78, 5) is 11.3. The molecule has 16 heavy (non-hydrogen) atoms. The number of aliphatic hydroxyl groups excluding tert-OH is 3. The van der Waals surface area contributed by atoms with Crippen molar-refractivity contribution >= 4 is 5.97 Å². The number of rotatable bonds is 5. The van der Waals surface area contributed by atoms with E-state index in [0.717, 1.165) is 6.42 Å². The molecule has 3 N–H and O–H groups in total. The molecule has 1 unspecified atom stereocenters. The molecule has 6 nitrogen and oxygen atoms in total. The standard InChI is InChI=1S/C10H18O6/c1-2-3-4-7(12)16-9-8(13)6(5-11)15-10(9)14/h6,8-11,13-14H,2-5H2,1H3/t6-,8-,9+,10?/m1/s1. The predicted molar refractivity (Wildman–Crippen MR) is 53.4 cm³/mol. The highest BCUT2D eigenvalue weighted by atomic mass is 16.7. The van der Waals surface area contributed by atoms with Crippen LogP contribution in [-0.4, -0.2) is 52.5 Å². The van der Waals surface area contributed by atoms with Crippen LogP contribution in [0.4, 0.5) is 0 Å². The fourth-order valence-electron chi connectivity index (χ4n) is 1.53. The van der Waals surface area contributed by atoms with E-state index in [2.05, 4.69) is 0 Å². The average molecular weight is 234 g/mol. The first-order valence-corrected chi connectivity index (χ1v) is 5.42. The average Bonchev–Trinajstić information content (AvgIpc) is 2.53. The highest BCUT2D eigenvalue weighted by Crippen LogP contribution is 2.22. The van der Waals surface area contributed by atoms with E-state index < -0.39 is 37.2 Å². The van der Waals surface area contributed by atoms with Gasteiger partial charge in [-0.05, 0) is 6.42 Å². The Morgan fingerprint density at radius 3 is 2.62 bits per heavy atom. The number of unbranched alkanes of at least 4 members (excludes halogenated alkanes) is 1. The zero-order valence-electron chi connectivity index (χ0n) is 9.20. The van der Waals surface area contributed by atoms with Gasteiger partial charge < -0.3 is 24.8 Å². The van der Waals surface area contributed by atoms with Crippen LogP contribution in [0.5, 0.6) is 0 Å². The summed E-state index contributed by atoms with van der Waals surface area (Å²) in [6, 6.07) is 0. The maximum Gasteiger partial charge on any atom is 0.306 e. The smallest absolute Gasteiger partial charge is 0.306 e. The van der Waals surface area contributed by atoms with Crippen LogP contribution in [0.15, 0.2) is 0 Å². The van der Waals surface area contributed by atoms with E-state index in [1.165, 1.54) is 0 Å². The molecule has 6 heteroatoms. The third-order valence-corrected chi connectivity index (χ3v) is 2.49. The summed E-state index contributed by atoms with van der Waals surface area (Å²) in [5.74, 6) is -0.480. The van der Waals surface area contributed by atoms with Crippen molar-refractivity contribution in [2.45, 2.75) is 50.8 Å². The number of hydrogen-bond acceptors (Lipinski definition) is 6. The van der Waals surface area contributed by atoms with Crippen molar-refractivity contribution in [1.82, 2.24) is 0 Å². The molecule has 1 fully saturated rings. The van der Waals surface area contributed by atoms with Gasteiger partial charge in [-0.1, -0.05) is 13.3 Å². The molecule has 0 aliphatic carbocycles. The fraction of sp³-hybridized carbons (Fsp3) is 0.900. The third-order valence-electron chi connectivity index (χ3n) is 2.49. The molecule has 1 heterocycles. The Bertz CT molecular complexity index is 231. The lowest BCUT2D eigenvalue weighted by atomic mass is 10.1. The highest BCUT2D eigenvalue weighted by molar-refractivity contribution is 5.69. The van der Waals surface area contributed by atoms with Crippen molar-refractivity contribution in [3.63, 3.8) is 0 Å². The van der Waals surface area contributed by atoms with Gasteiger partial charge in [0.1, 0.15) is 12.2 Å². The molecule has 1 rings (SSSR count). The SMILES string of the molecule is CCCCC(=O)O[C@@H]1C(O)O[C@H](CO)[C@H]1O. The van der Waals surface area contributed by atoms with Crippen molar-refractivity contribution in [3.8, 4) is 0 Å². The van der Waals surface area contributed by atoms with E-state index >= 15 is 0 Å². The number of hydrogen-bond donors (Lipinski definition) is 3. The zero-order valence-corrected chi connectivity index (χ0v) is 9.20. The molecule has 0 aromatic rings. The Morgan fingerprint density at radius 2 is 2.12 bits per heavy atom. The summed E-state index contributed by atoms with van der Waals surface area (Å²) in [6.45, 7) is 1.51. The van der Waals surface area contributed by atoms with Crippen LogP contribution in [0.25, 0.3) is 0 Å². The van der Waals surface area contributed by atoms with Gasteiger partial charge in [0.25, 0.3) is 0 Å². The number of ether oxygens (including phenoxy) is 2. The van der Waals surface area contributed by atoms with Crippen LogP contribution in [0, 0.1) is 0 Å². The van der Waals surface area contributed by atoms with Crippen molar-refractivity contribution < 1.29 is 29.6 Å². The monoisotopic (exact) mass is 234 g/mol. The Morgan fingerprint density at radius 1 is 1.44 bits per heavy atom. The lowest BCUT2D eigenvalue weighted by Crippen LogP contribution is -2.37. The fourth-order valence-corrected chi connectivity index (χ4v) is 1.53. The van der Waals surface area contributed by atoms with Crippen molar-refractivity contribution in [2.75, 3.05) is 6.61 Å². The van der Waals surface area contributed by atoms with Gasteiger partial charge in [-0.2, -0.15) is 0 Å². The van der Waals surface area contributed by atoms with E-state index in [0.29, 0.717) is 6.42 Å². The van der Waals surface area contributed by atoms with Crippen LogP contribution >= 0.6 is 0 Å². The van der Waals surface area contributed by atoms with Crippen LogP contribution in [0.2, 0.25) is 0 Å². The molecule has 94 valence electrons. The summed E-state index contributed by atoms with van der Waals surface area (Å²) >= 11 is 0. The molecular weight excluding hydrogens is 216 g/mol. The maximum absolute atomic E-state index is 11.3. The van der Waals surface area contributed by atoms with Gasteiger partial charge in [-0.15, -0.1) is 0 Å². The van der Waals surface area contributed by atoms with Crippen molar-refractivity contribution in [1.29, 1.82) is 0 Å².